The van der Waals surface area contributed by atoms with E-state index in [1.165, 1.54) is 24.8 Å². The molecule has 4 rings (SSSR count). The maximum Gasteiger partial charge on any atom is 0.253 e. The quantitative estimate of drug-likeness (QED) is 0.569. The number of H-pyrrole nitrogens is 1. The summed E-state index contributed by atoms with van der Waals surface area (Å²) in [4.78, 5) is 18.2. The summed E-state index contributed by atoms with van der Waals surface area (Å²) in [7, 11) is 0. The molecule has 1 aliphatic carbocycles. The van der Waals surface area contributed by atoms with Gasteiger partial charge in [0.15, 0.2) is 5.11 Å². The smallest absolute Gasteiger partial charge is 0.253 e. The van der Waals surface area contributed by atoms with Crippen LogP contribution in [0.2, 0.25) is 0 Å². The van der Waals surface area contributed by atoms with Crippen molar-refractivity contribution in [3.63, 3.8) is 0 Å². The van der Waals surface area contributed by atoms with Crippen LogP contribution in [0, 0.1) is 13.8 Å². The van der Waals surface area contributed by atoms with Gasteiger partial charge in [-0.1, -0.05) is 31.4 Å². The van der Waals surface area contributed by atoms with Gasteiger partial charge in [0, 0.05) is 11.6 Å². The topological polar surface area (TPSA) is 61.3 Å². The number of fused-ring (bicyclic) bond motifs is 1. The molecule has 0 radical (unpaired) electrons. The highest BCUT2D eigenvalue weighted by atomic mass is 32.1. The second-order valence-electron chi connectivity index (χ2n) is 8.25. The highest BCUT2D eigenvalue weighted by Gasteiger charge is 2.24. The molecular formula is C24H29N3O2S. The zero-order chi connectivity index (χ0) is 21.1. The highest BCUT2D eigenvalue weighted by Crippen LogP contribution is 2.25. The first-order valence-corrected chi connectivity index (χ1v) is 11.1. The standard InChI is InChI=1S/C24H29N3O2S/c1-16-10-11-18-13-19(23(28)26-22(18)17(16)2)15-27(20-7-4-3-5-8-20)24(30)25-14-21-9-6-12-29-21/h6,9-13,20H,3-5,7-8,14-15H2,1-2H3,(H,25,30)(H,26,28). The predicted molar refractivity (Wildman–Crippen MR) is 125 cm³/mol. The molecule has 0 bridgehead atoms. The summed E-state index contributed by atoms with van der Waals surface area (Å²) in [6.07, 6.45) is 7.55. The van der Waals surface area contributed by atoms with Crippen LogP contribution in [0.4, 0.5) is 0 Å². The number of thiocarbonyl (C=S) groups is 1. The van der Waals surface area contributed by atoms with E-state index < -0.39 is 0 Å². The summed E-state index contributed by atoms with van der Waals surface area (Å²) in [5, 5.41) is 5.07. The first-order chi connectivity index (χ1) is 14.5. The van der Waals surface area contributed by atoms with Crippen LogP contribution in [-0.4, -0.2) is 21.0 Å². The molecule has 0 unspecified atom stereocenters. The first kappa shape index (κ1) is 20.7. The fraction of sp³-hybridized carbons (Fsp3) is 0.417. The molecule has 0 amide bonds. The number of nitrogens with one attached hydrogen (secondary N) is 2. The molecule has 1 aromatic carbocycles. The second-order valence-corrected chi connectivity index (χ2v) is 8.64. The average molecular weight is 424 g/mol. The number of rotatable bonds is 5. The maximum absolute atomic E-state index is 12.9. The minimum atomic E-state index is -0.0363. The number of hydrogen-bond acceptors (Lipinski definition) is 3. The molecule has 158 valence electrons. The molecule has 1 aliphatic rings. The van der Waals surface area contributed by atoms with E-state index in [1.54, 1.807) is 6.26 Å². The van der Waals surface area contributed by atoms with Crippen LogP contribution in [0.3, 0.4) is 0 Å². The molecule has 0 atom stereocenters. The van der Waals surface area contributed by atoms with E-state index >= 15 is 0 Å². The Hall–Kier alpha value is -2.60. The lowest BCUT2D eigenvalue weighted by molar-refractivity contribution is 0.234. The van der Waals surface area contributed by atoms with E-state index in [9.17, 15) is 4.79 Å². The Balaban J connectivity index is 1.60. The van der Waals surface area contributed by atoms with Crippen LogP contribution in [-0.2, 0) is 13.1 Å². The third-order valence-corrected chi connectivity index (χ3v) is 6.62. The van der Waals surface area contributed by atoms with Gasteiger partial charge in [0.25, 0.3) is 5.56 Å². The number of aromatic nitrogens is 1. The lowest BCUT2D eigenvalue weighted by Crippen LogP contribution is -2.46. The van der Waals surface area contributed by atoms with Crippen molar-refractivity contribution in [3.8, 4) is 0 Å². The largest absolute Gasteiger partial charge is 0.467 e. The van der Waals surface area contributed by atoms with Crippen LogP contribution in [0.15, 0.2) is 45.8 Å². The summed E-state index contributed by atoms with van der Waals surface area (Å²) >= 11 is 5.77. The molecule has 1 saturated carbocycles. The van der Waals surface area contributed by atoms with Gasteiger partial charge in [-0.25, -0.2) is 0 Å². The highest BCUT2D eigenvalue weighted by molar-refractivity contribution is 7.80. The molecular weight excluding hydrogens is 394 g/mol. The van der Waals surface area contributed by atoms with Crippen molar-refractivity contribution in [2.75, 3.05) is 0 Å². The van der Waals surface area contributed by atoms with Crippen LogP contribution in [0.25, 0.3) is 10.9 Å². The van der Waals surface area contributed by atoms with E-state index in [2.05, 4.69) is 41.2 Å². The number of hydrogen-bond donors (Lipinski definition) is 2. The third-order valence-electron chi connectivity index (χ3n) is 6.24. The van der Waals surface area contributed by atoms with Gasteiger partial charge in [0.1, 0.15) is 5.76 Å². The van der Waals surface area contributed by atoms with E-state index in [-0.39, 0.29) is 5.56 Å². The minimum absolute atomic E-state index is 0.0363. The van der Waals surface area contributed by atoms with Crippen molar-refractivity contribution in [2.24, 2.45) is 0 Å². The van der Waals surface area contributed by atoms with E-state index in [4.69, 9.17) is 16.6 Å². The Labute approximate surface area is 182 Å². The number of furan rings is 1. The van der Waals surface area contributed by atoms with Crippen molar-refractivity contribution in [1.29, 1.82) is 0 Å². The van der Waals surface area contributed by atoms with Crippen LogP contribution < -0.4 is 10.9 Å². The van der Waals surface area contributed by atoms with Gasteiger partial charge in [0.2, 0.25) is 0 Å². The summed E-state index contributed by atoms with van der Waals surface area (Å²) in [5.41, 5.74) is 3.93. The summed E-state index contributed by atoms with van der Waals surface area (Å²) < 4.78 is 5.42. The molecule has 2 N–H and O–H groups in total. The molecule has 2 heterocycles. The normalized spacial score (nSPS) is 14.7. The molecule has 3 aromatic rings. The number of aromatic amines is 1. The summed E-state index contributed by atoms with van der Waals surface area (Å²) in [5.74, 6) is 0.843. The Morgan fingerprint density at radius 2 is 2.03 bits per heavy atom. The third kappa shape index (κ3) is 4.43. The first-order valence-electron chi connectivity index (χ1n) is 10.7. The molecule has 2 aromatic heterocycles. The van der Waals surface area contributed by atoms with E-state index in [0.717, 1.165) is 40.6 Å². The molecule has 30 heavy (non-hydrogen) atoms. The Bertz CT molecular complexity index is 1080. The van der Waals surface area contributed by atoms with E-state index in [0.29, 0.717) is 24.2 Å². The molecule has 0 aliphatic heterocycles. The van der Waals surface area contributed by atoms with Crippen LogP contribution >= 0.6 is 12.2 Å². The molecule has 5 nitrogen and oxygen atoms in total. The maximum atomic E-state index is 12.9. The van der Waals surface area contributed by atoms with Crippen molar-refractivity contribution in [3.05, 3.63) is 69.4 Å². The van der Waals surface area contributed by atoms with Gasteiger partial charge in [-0.15, -0.1) is 0 Å². The monoisotopic (exact) mass is 423 g/mol. The summed E-state index contributed by atoms with van der Waals surface area (Å²) in [6.45, 7) is 5.17. The second kappa shape index (κ2) is 9.04. The van der Waals surface area contributed by atoms with E-state index in [1.807, 2.05) is 18.2 Å². The SMILES string of the molecule is Cc1ccc2cc(CN(C(=S)NCc3ccco3)C3CCCCC3)c(=O)[nH]c2c1C. The fourth-order valence-corrected chi connectivity index (χ4v) is 4.59. The van der Waals surface area contributed by atoms with Crippen molar-refractivity contribution in [1.82, 2.24) is 15.2 Å². The minimum Gasteiger partial charge on any atom is -0.467 e. The number of pyridine rings is 1. The molecule has 0 saturated heterocycles. The predicted octanol–water partition coefficient (Wildman–Crippen LogP) is 4.95. The lowest BCUT2D eigenvalue weighted by Gasteiger charge is -2.36. The fourth-order valence-electron chi connectivity index (χ4n) is 4.31. The van der Waals surface area contributed by atoms with Gasteiger partial charge in [-0.2, -0.15) is 0 Å². The van der Waals surface area contributed by atoms with Crippen LogP contribution in [0.5, 0.6) is 0 Å². The van der Waals surface area contributed by atoms with Gasteiger partial charge in [-0.05, 0) is 73.6 Å². The Morgan fingerprint density at radius 1 is 1.23 bits per heavy atom. The molecule has 1 fully saturated rings. The lowest BCUT2D eigenvalue weighted by atomic mass is 9.94. The van der Waals surface area contributed by atoms with Gasteiger partial charge >= 0.3 is 0 Å². The zero-order valence-electron chi connectivity index (χ0n) is 17.7. The van der Waals surface area contributed by atoms with Crippen molar-refractivity contribution >= 4 is 28.2 Å². The average Bonchev–Trinajstić information content (AvgIpc) is 3.28. The number of benzene rings is 1. The van der Waals surface area contributed by atoms with Gasteiger partial charge in [0.05, 0.1) is 24.9 Å². The Morgan fingerprint density at radius 3 is 2.77 bits per heavy atom. The van der Waals surface area contributed by atoms with Crippen molar-refractivity contribution < 1.29 is 4.42 Å². The zero-order valence-corrected chi connectivity index (χ0v) is 18.5. The Kier molecular flexibility index (Phi) is 6.23. The number of nitrogens with zero attached hydrogens (tertiary/aromatic N) is 1. The van der Waals surface area contributed by atoms with Gasteiger partial charge < -0.3 is 19.6 Å². The summed E-state index contributed by atoms with van der Waals surface area (Å²) in [6, 6.07) is 10.4. The van der Waals surface area contributed by atoms with Crippen LogP contribution in [0.1, 0.15) is 54.6 Å². The molecule has 0 spiro atoms. The van der Waals surface area contributed by atoms with Crippen molar-refractivity contribution in [2.45, 2.75) is 65.1 Å². The van der Waals surface area contributed by atoms with Gasteiger partial charge in [-0.3, -0.25) is 4.79 Å². The molecule has 6 heteroatoms. The number of aryl methyl sites for hydroxylation is 2.